The molecule has 0 N–H and O–H groups in total. The smallest absolute Gasteiger partial charge is 0.316 e. The van der Waals surface area contributed by atoms with Crippen LogP contribution in [0.2, 0.25) is 0 Å². The lowest BCUT2D eigenvalue weighted by Crippen LogP contribution is -2.46. The second-order valence-corrected chi connectivity index (χ2v) is 10.2. The molecular weight excluding hydrogens is 488 g/mol. The van der Waals surface area contributed by atoms with E-state index in [-0.39, 0.29) is 11.7 Å². The highest BCUT2D eigenvalue weighted by Gasteiger charge is 2.28. The van der Waals surface area contributed by atoms with E-state index in [0.717, 1.165) is 62.7 Å². The van der Waals surface area contributed by atoms with Gasteiger partial charge in [0.1, 0.15) is 17.5 Å². The summed E-state index contributed by atoms with van der Waals surface area (Å²) in [6, 6.07) is 26.3. The van der Waals surface area contributed by atoms with Crippen molar-refractivity contribution in [3.05, 3.63) is 112 Å². The lowest BCUT2D eigenvalue weighted by atomic mass is 10.1. The van der Waals surface area contributed by atoms with Gasteiger partial charge in [0.05, 0.1) is 18.5 Å². The standard InChI is InChI=1S/C32H34N4O3/c1-2-38-28-14-12-24(13-15-28)23-34-16-18-35(19-17-34)30-22-33-36(27-10-4-3-5-11-27)32(37)31(30)39-29-20-25-8-6-7-9-26(25)21-29/h3-15,22,29H,2,16-21,23H2,1H3. The van der Waals surface area contributed by atoms with E-state index in [2.05, 4.69) is 51.3 Å². The molecule has 1 aliphatic heterocycles. The van der Waals surface area contributed by atoms with E-state index >= 15 is 0 Å². The number of ether oxygens (including phenoxy) is 2. The van der Waals surface area contributed by atoms with Crippen LogP contribution in [0, 0.1) is 0 Å². The fourth-order valence-corrected chi connectivity index (χ4v) is 5.55. The van der Waals surface area contributed by atoms with Crippen LogP contribution >= 0.6 is 0 Å². The quantitative estimate of drug-likeness (QED) is 0.340. The topological polar surface area (TPSA) is 59.8 Å². The van der Waals surface area contributed by atoms with Gasteiger partial charge in [0.25, 0.3) is 0 Å². The molecule has 2 aliphatic rings. The number of piperazine rings is 1. The van der Waals surface area contributed by atoms with Crippen molar-refractivity contribution in [1.82, 2.24) is 14.7 Å². The number of fused-ring (bicyclic) bond motifs is 1. The van der Waals surface area contributed by atoms with Gasteiger partial charge in [-0.05, 0) is 47.9 Å². The molecule has 0 spiro atoms. The van der Waals surface area contributed by atoms with E-state index in [1.54, 1.807) is 6.20 Å². The van der Waals surface area contributed by atoms with Crippen LogP contribution in [0.3, 0.4) is 0 Å². The van der Waals surface area contributed by atoms with Crippen LogP contribution in [-0.4, -0.2) is 53.6 Å². The molecule has 0 bridgehead atoms. The van der Waals surface area contributed by atoms with Crippen LogP contribution in [0.5, 0.6) is 11.5 Å². The number of aromatic nitrogens is 2. The van der Waals surface area contributed by atoms with E-state index in [1.807, 2.05) is 49.4 Å². The minimum Gasteiger partial charge on any atom is -0.494 e. The lowest BCUT2D eigenvalue weighted by molar-refractivity contribution is 0.207. The summed E-state index contributed by atoms with van der Waals surface area (Å²) < 4.78 is 13.6. The maximum Gasteiger partial charge on any atom is 0.316 e. The van der Waals surface area contributed by atoms with Crippen molar-refractivity contribution in [1.29, 1.82) is 0 Å². The molecule has 200 valence electrons. The monoisotopic (exact) mass is 522 g/mol. The molecule has 7 heteroatoms. The summed E-state index contributed by atoms with van der Waals surface area (Å²) >= 11 is 0. The highest BCUT2D eigenvalue weighted by molar-refractivity contribution is 5.57. The number of anilines is 1. The second-order valence-electron chi connectivity index (χ2n) is 10.2. The summed E-state index contributed by atoms with van der Waals surface area (Å²) in [5.74, 6) is 1.30. The third-order valence-electron chi connectivity index (χ3n) is 7.57. The first-order chi connectivity index (χ1) is 19.2. The van der Waals surface area contributed by atoms with E-state index < -0.39 is 0 Å². The van der Waals surface area contributed by atoms with Crippen LogP contribution in [0.1, 0.15) is 23.6 Å². The molecule has 2 heterocycles. The molecule has 0 saturated carbocycles. The highest BCUT2D eigenvalue weighted by Crippen LogP contribution is 2.30. The predicted octanol–water partition coefficient (Wildman–Crippen LogP) is 4.50. The number of nitrogens with zero attached hydrogens (tertiary/aromatic N) is 4. The third kappa shape index (κ3) is 5.54. The Morgan fingerprint density at radius 3 is 2.18 bits per heavy atom. The van der Waals surface area contributed by atoms with E-state index in [0.29, 0.717) is 12.4 Å². The Labute approximate surface area is 229 Å². The molecule has 6 rings (SSSR count). The molecule has 39 heavy (non-hydrogen) atoms. The molecule has 0 amide bonds. The van der Waals surface area contributed by atoms with Gasteiger partial charge < -0.3 is 14.4 Å². The normalized spacial score (nSPS) is 15.8. The van der Waals surface area contributed by atoms with E-state index in [9.17, 15) is 4.79 Å². The van der Waals surface area contributed by atoms with Gasteiger partial charge in [0.2, 0.25) is 5.75 Å². The lowest BCUT2D eigenvalue weighted by Gasteiger charge is -2.36. The van der Waals surface area contributed by atoms with Crippen molar-refractivity contribution in [3.8, 4) is 17.2 Å². The van der Waals surface area contributed by atoms with Crippen molar-refractivity contribution in [2.24, 2.45) is 0 Å². The van der Waals surface area contributed by atoms with E-state index in [1.165, 1.54) is 21.4 Å². The van der Waals surface area contributed by atoms with Crippen LogP contribution in [0.4, 0.5) is 5.69 Å². The zero-order valence-corrected chi connectivity index (χ0v) is 22.3. The Morgan fingerprint density at radius 1 is 0.846 bits per heavy atom. The summed E-state index contributed by atoms with van der Waals surface area (Å²) in [5.41, 5.74) is 5.15. The molecule has 1 saturated heterocycles. The fourth-order valence-electron chi connectivity index (χ4n) is 5.55. The van der Waals surface area contributed by atoms with Crippen molar-refractivity contribution >= 4 is 5.69 Å². The second kappa shape index (κ2) is 11.3. The first-order valence-electron chi connectivity index (χ1n) is 13.8. The number of hydrogen-bond donors (Lipinski definition) is 0. The van der Waals surface area contributed by atoms with Crippen LogP contribution < -0.4 is 19.9 Å². The zero-order chi connectivity index (χ0) is 26.6. The Hall–Kier alpha value is -4.10. The van der Waals surface area contributed by atoms with Gasteiger partial charge in [-0.1, -0.05) is 54.6 Å². The minimum atomic E-state index is -0.216. The summed E-state index contributed by atoms with van der Waals surface area (Å²) in [5, 5.41) is 4.57. The maximum absolute atomic E-state index is 13.8. The molecule has 3 aromatic carbocycles. The number of hydrogen-bond acceptors (Lipinski definition) is 6. The molecule has 1 fully saturated rings. The Kier molecular flexibility index (Phi) is 7.32. The first kappa shape index (κ1) is 25.2. The Balaban J connectivity index is 1.21. The number of para-hydroxylation sites is 1. The maximum atomic E-state index is 13.8. The largest absolute Gasteiger partial charge is 0.494 e. The van der Waals surface area contributed by atoms with Crippen LogP contribution in [0.15, 0.2) is 89.9 Å². The van der Waals surface area contributed by atoms with Gasteiger partial charge >= 0.3 is 5.56 Å². The van der Waals surface area contributed by atoms with Gasteiger partial charge in [-0.2, -0.15) is 9.78 Å². The summed E-state index contributed by atoms with van der Waals surface area (Å²) in [4.78, 5) is 18.5. The van der Waals surface area contributed by atoms with Crippen molar-refractivity contribution in [2.75, 3.05) is 37.7 Å². The minimum absolute atomic E-state index is 0.0681. The van der Waals surface area contributed by atoms with Crippen molar-refractivity contribution in [3.63, 3.8) is 0 Å². The molecular formula is C32H34N4O3. The van der Waals surface area contributed by atoms with E-state index in [4.69, 9.17) is 9.47 Å². The molecule has 7 nitrogen and oxygen atoms in total. The fraction of sp³-hybridized carbons (Fsp3) is 0.312. The summed E-state index contributed by atoms with van der Waals surface area (Å²) in [6.07, 6.45) is 3.34. The molecule has 4 aromatic rings. The Morgan fingerprint density at radius 2 is 1.51 bits per heavy atom. The van der Waals surface area contributed by atoms with Crippen molar-refractivity contribution in [2.45, 2.75) is 32.4 Å². The van der Waals surface area contributed by atoms with Gasteiger partial charge in [0.15, 0.2) is 0 Å². The van der Waals surface area contributed by atoms with Crippen molar-refractivity contribution < 1.29 is 9.47 Å². The molecule has 1 aromatic heterocycles. The number of rotatable bonds is 8. The third-order valence-corrected chi connectivity index (χ3v) is 7.57. The highest BCUT2D eigenvalue weighted by atomic mass is 16.5. The number of benzene rings is 3. The average molecular weight is 523 g/mol. The SMILES string of the molecule is CCOc1ccc(CN2CCN(c3cnn(-c4ccccc4)c(=O)c3OC3Cc4ccccc4C3)CC2)cc1. The molecule has 0 unspecified atom stereocenters. The van der Waals surface area contributed by atoms with Gasteiger partial charge in [-0.25, -0.2) is 0 Å². The Bertz CT molecular complexity index is 1440. The molecule has 0 atom stereocenters. The molecule has 0 radical (unpaired) electrons. The van der Waals surface area contributed by atoms with Crippen LogP contribution in [-0.2, 0) is 19.4 Å². The van der Waals surface area contributed by atoms with Gasteiger partial charge in [-0.3, -0.25) is 9.69 Å². The van der Waals surface area contributed by atoms with Gasteiger partial charge in [0, 0.05) is 45.6 Å². The molecule has 1 aliphatic carbocycles. The zero-order valence-electron chi connectivity index (χ0n) is 22.3. The summed E-state index contributed by atoms with van der Waals surface area (Å²) in [6.45, 7) is 6.94. The summed E-state index contributed by atoms with van der Waals surface area (Å²) in [7, 11) is 0. The predicted molar refractivity (Wildman–Crippen MR) is 153 cm³/mol. The van der Waals surface area contributed by atoms with Gasteiger partial charge in [-0.15, -0.1) is 0 Å². The average Bonchev–Trinajstić information content (AvgIpc) is 3.39. The first-order valence-corrected chi connectivity index (χ1v) is 13.8. The van der Waals surface area contributed by atoms with Crippen LogP contribution in [0.25, 0.3) is 5.69 Å².